The number of carbonyl (C=O) groups excluding carboxylic acids is 1. The van der Waals surface area contributed by atoms with Crippen LogP contribution in [0.25, 0.3) is 22.6 Å². The minimum Gasteiger partial charge on any atom is -0.490 e. The zero-order valence-corrected chi connectivity index (χ0v) is 18.7. The number of pyridine rings is 1. The SMILES string of the molecule is Cc1ccc(OCCOC(=O)c2c3c(nc4ccccc24)C(=Cc2cccs2)CC3)cc1. The molecule has 2 heterocycles. The standard InChI is InChI=1S/C27H23NO3S/c1-18-8-11-20(12-9-18)30-14-15-31-27(29)25-22-6-2-3-7-24(22)28-26-19(10-13-23(25)26)17-21-5-4-16-32-21/h2-9,11-12,16-17H,10,13-15H2,1H3. The fourth-order valence-electron chi connectivity index (χ4n) is 4.06. The third kappa shape index (κ3) is 4.16. The Balaban J connectivity index is 1.39. The van der Waals surface area contributed by atoms with Crippen LogP contribution in [0.1, 0.15) is 38.5 Å². The summed E-state index contributed by atoms with van der Waals surface area (Å²) in [5, 5.41) is 2.91. The van der Waals surface area contributed by atoms with E-state index in [0.29, 0.717) is 12.2 Å². The van der Waals surface area contributed by atoms with Gasteiger partial charge in [0.25, 0.3) is 0 Å². The Morgan fingerprint density at radius 2 is 1.88 bits per heavy atom. The van der Waals surface area contributed by atoms with Gasteiger partial charge in [0.05, 0.1) is 16.8 Å². The van der Waals surface area contributed by atoms with Crippen LogP contribution in [0.5, 0.6) is 5.75 Å². The highest BCUT2D eigenvalue weighted by Gasteiger charge is 2.27. The first kappa shape index (κ1) is 20.5. The first-order valence-electron chi connectivity index (χ1n) is 10.7. The van der Waals surface area contributed by atoms with Crippen LogP contribution in [0.3, 0.4) is 0 Å². The summed E-state index contributed by atoms with van der Waals surface area (Å²) in [6.07, 6.45) is 3.84. The number of allylic oxidation sites excluding steroid dienone is 1. The molecular weight excluding hydrogens is 418 g/mol. The lowest BCUT2D eigenvalue weighted by Gasteiger charge is -2.13. The Hall–Kier alpha value is -3.44. The third-order valence-electron chi connectivity index (χ3n) is 5.61. The van der Waals surface area contributed by atoms with E-state index in [1.165, 1.54) is 16.0 Å². The van der Waals surface area contributed by atoms with Gasteiger partial charge in [-0.15, -0.1) is 11.3 Å². The molecule has 1 aliphatic carbocycles. The Kier molecular flexibility index (Phi) is 5.73. The van der Waals surface area contributed by atoms with Gasteiger partial charge in [0.2, 0.25) is 0 Å². The number of hydrogen-bond acceptors (Lipinski definition) is 5. The number of hydrogen-bond donors (Lipinski definition) is 0. The maximum atomic E-state index is 13.2. The molecule has 5 heteroatoms. The van der Waals surface area contributed by atoms with E-state index in [1.54, 1.807) is 11.3 Å². The highest BCUT2D eigenvalue weighted by atomic mass is 32.1. The normalized spacial score (nSPS) is 14.0. The van der Waals surface area contributed by atoms with Crippen molar-refractivity contribution in [1.29, 1.82) is 0 Å². The summed E-state index contributed by atoms with van der Waals surface area (Å²) in [7, 11) is 0. The number of thiophene rings is 1. The Bertz CT molecular complexity index is 1290. The van der Waals surface area contributed by atoms with E-state index in [9.17, 15) is 4.79 Å². The molecule has 0 radical (unpaired) electrons. The number of aryl methyl sites for hydroxylation is 1. The van der Waals surface area contributed by atoms with Crippen LogP contribution in [-0.2, 0) is 11.2 Å². The van der Waals surface area contributed by atoms with Crippen molar-refractivity contribution in [2.24, 2.45) is 0 Å². The van der Waals surface area contributed by atoms with E-state index >= 15 is 0 Å². The summed E-state index contributed by atoms with van der Waals surface area (Å²) >= 11 is 1.70. The average Bonchev–Trinajstić information content (AvgIpc) is 3.47. The summed E-state index contributed by atoms with van der Waals surface area (Å²) in [4.78, 5) is 19.3. The number of nitrogens with zero attached hydrogens (tertiary/aromatic N) is 1. The molecule has 4 aromatic rings. The van der Waals surface area contributed by atoms with Gasteiger partial charge in [0.15, 0.2) is 0 Å². The van der Waals surface area contributed by atoms with E-state index in [0.717, 1.165) is 40.8 Å². The molecule has 0 spiro atoms. The molecule has 1 aliphatic rings. The van der Waals surface area contributed by atoms with E-state index in [2.05, 4.69) is 17.5 Å². The lowest BCUT2D eigenvalue weighted by Crippen LogP contribution is -2.15. The first-order chi connectivity index (χ1) is 15.7. The van der Waals surface area contributed by atoms with Crippen molar-refractivity contribution in [3.8, 4) is 5.75 Å². The molecule has 5 rings (SSSR count). The molecular formula is C27H23NO3S. The highest BCUT2D eigenvalue weighted by molar-refractivity contribution is 7.10. The number of benzene rings is 2. The van der Waals surface area contributed by atoms with Crippen LogP contribution in [0, 0.1) is 6.92 Å². The fraction of sp³-hybridized carbons (Fsp3) is 0.185. The maximum absolute atomic E-state index is 13.2. The number of para-hydroxylation sites is 1. The van der Waals surface area contributed by atoms with Crippen LogP contribution >= 0.6 is 11.3 Å². The quantitative estimate of drug-likeness (QED) is 0.259. The summed E-state index contributed by atoms with van der Waals surface area (Å²) < 4.78 is 11.3. The molecule has 0 bridgehead atoms. The topological polar surface area (TPSA) is 48.4 Å². The second-order valence-electron chi connectivity index (χ2n) is 7.81. The predicted molar refractivity (Wildman–Crippen MR) is 129 cm³/mol. The van der Waals surface area contributed by atoms with Crippen molar-refractivity contribution < 1.29 is 14.3 Å². The van der Waals surface area contributed by atoms with Gasteiger partial charge in [0.1, 0.15) is 19.0 Å². The van der Waals surface area contributed by atoms with Crippen LogP contribution in [-0.4, -0.2) is 24.2 Å². The average molecular weight is 442 g/mol. The molecule has 32 heavy (non-hydrogen) atoms. The smallest absolute Gasteiger partial charge is 0.339 e. The third-order valence-corrected chi connectivity index (χ3v) is 6.43. The number of ether oxygens (including phenoxy) is 2. The molecule has 0 N–H and O–H groups in total. The number of esters is 1. The monoisotopic (exact) mass is 441 g/mol. The molecule has 160 valence electrons. The highest BCUT2D eigenvalue weighted by Crippen LogP contribution is 2.38. The molecule has 0 atom stereocenters. The predicted octanol–water partition coefficient (Wildman–Crippen LogP) is 6.33. The minimum absolute atomic E-state index is 0.191. The Morgan fingerprint density at radius 1 is 1.03 bits per heavy atom. The first-order valence-corrected chi connectivity index (χ1v) is 11.6. The van der Waals surface area contributed by atoms with Crippen molar-refractivity contribution in [2.75, 3.05) is 13.2 Å². The molecule has 0 saturated heterocycles. The van der Waals surface area contributed by atoms with E-state index in [1.807, 2.05) is 61.5 Å². The van der Waals surface area contributed by atoms with Gasteiger partial charge in [0, 0.05) is 10.3 Å². The second kappa shape index (κ2) is 8.97. The van der Waals surface area contributed by atoms with E-state index in [-0.39, 0.29) is 12.6 Å². The van der Waals surface area contributed by atoms with Gasteiger partial charge in [-0.25, -0.2) is 9.78 Å². The molecule has 0 aliphatic heterocycles. The molecule has 4 nitrogen and oxygen atoms in total. The van der Waals surface area contributed by atoms with Crippen LogP contribution < -0.4 is 4.74 Å². The number of fused-ring (bicyclic) bond motifs is 2. The van der Waals surface area contributed by atoms with Crippen molar-refractivity contribution in [3.05, 3.63) is 93.3 Å². The van der Waals surface area contributed by atoms with Crippen LogP contribution in [0.2, 0.25) is 0 Å². The molecule has 0 amide bonds. The van der Waals surface area contributed by atoms with Crippen molar-refractivity contribution in [1.82, 2.24) is 4.98 Å². The van der Waals surface area contributed by atoms with Gasteiger partial charge in [-0.05, 0) is 66.6 Å². The van der Waals surface area contributed by atoms with Gasteiger partial charge in [-0.2, -0.15) is 0 Å². The largest absolute Gasteiger partial charge is 0.490 e. The van der Waals surface area contributed by atoms with Gasteiger partial charge >= 0.3 is 5.97 Å². The molecule has 2 aromatic carbocycles. The number of rotatable bonds is 6. The van der Waals surface area contributed by atoms with Crippen LogP contribution in [0.15, 0.2) is 66.0 Å². The minimum atomic E-state index is -0.315. The van der Waals surface area contributed by atoms with Gasteiger partial charge < -0.3 is 9.47 Å². The molecule has 0 unspecified atom stereocenters. The lowest BCUT2D eigenvalue weighted by molar-refractivity contribution is 0.0451. The summed E-state index contributed by atoms with van der Waals surface area (Å²) in [5.41, 5.74) is 5.69. The van der Waals surface area contributed by atoms with Crippen molar-refractivity contribution in [2.45, 2.75) is 19.8 Å². The number of carbonyl (C=O) groups is 1. The van der Waals surface area contributed by atoms with Crippen molar-refractivity contribution >= 4 is 39.9 Å². The summed E-state index contributed by atoms with van der Waals surface area (Å²) in [5.74, 6) is 0.454. The van der Waals surface area contributed by atoms with Gasteiger partial charge in [-0.1, -0.05) is 42.0 Å². The van der Waals surface area contributed by atoms with E-state index in [4.69, 9.17) is 14.5 Å². The maximum Gasteiger partial charge on any atom is 0.339 e. The van der Waals surface area contributed by atoms with Crippen molar-refractivity contribution in [3.63, 3.8) is 0 Å². The number of aromatic nitrogens is 1. The zero-order chi connectivity index (χ0) is 21.9. The molecule has 0 fully saturated rings. The Labute approximate surface area is 191 Å². The van der Waals surface area contributed by atoms with Crippen LogP contribution in [0.4, 0.5) is 0 Å². The molecule has 0 saturated carbocycles. The van der Waals surface area contributed by atoms with E-state index < -0.39 is 0 Å². The summed E-state index contributed by atoms with van der Waals surface area (Å²) in [6, 6.07) is 19.8. The van der Waals surface area contributed by atoms with Gasteiger partial charge in [-0.3, -0.25) is 0 Å². The fourth-order valence-corrected chi connectivity index (χ4v) is 4.74. The summed E-state index contributed by atoms with van der Waals surface area (Å²) in [6.45, 7) is 2.53. The second-order valence-corrected chi connectivity index (χ2v) is 8.79. The zero-order valence-electron chi connectivity index (χ0n) is 17.8. The molecule has 2 aromatic heterocycles. The Morgan fingerprint density at radius 3 is 2.69 bits per heavy atom. The lowest BCUT2D eigenvalue weighted by atomic mass is 10.0.